The van der Waals surface area contributed by atoms with Crippen LogP contribution in [0.15, 0.2) is 0 Å². The predicted octanol–water partition coefficient (Wildman–Crippen LogP) is 3.33. The fourth-order valence-electron chi connectivity index (χ4n) is 0.167. The molecular weight excluding hydrogens is 136 g/mol. The normalized spacial score (nSPS) is 6.75. The zero-order chi connectivity index (χ0) is 4.83. The standard InChI is InChI=1S/C4H10S2.2CH4/c1-3-6-4-5-2;;/h3-4H2,1-2H3;2*1H4. The molecule has 0 rings (SSSR count). The van der Waals surface area contributed by atoms with E-state index in [1.807, 2.05) is 23.5 Å². The Morgan fingerprint density at radius 2 is 1.75 bits per heavy atom. The summed E-state index contributed by atoms with van der Waals surface area (Å²) in [4.78, 5) is 0. The first kappa shape index (κ1) is 15.9. The van der Waals surface area contributed by atoms with Crippen LogP contribution in [-0.4, -0.2) is 17.1 Å². The van der Waals surface area contributed by atoms with E-state index in [0.717, 1.165) is 0 Å². The van der Waals surface area contributed by atoms with Gasteiger partial charge in [-0.15, -0.1) is 0 Å². The Balaban J connectivity index is -0.000000125. The maximum absolute atomic E-state index is 2.18. The summed E-state index contributed by atoms with van der Waals surface area (Å²) in [6.45, 7) is 2.18. The number of hydrogen-bond acceptors (Lipinski definition) is 2. The second-order valence-electron chi connectivity index (χ2n) is 0.899. The third kappa shape index (κ3) is 15.9. The van der Waals surface area contributed by atoms with E-state index in [2.05, 4.69) is 13.2 Å². The van der Waals surface area contributed by atoms with E-state index in [-0.39, 0.29) is 14.9 Å². The summed E-state index contributed by atoms with van der Waals surface area (Å²) in [5, 5.41) is 1.25. The van der Waals surface area contributed by atoms with Crippen molar-refractivity contribution in [2.24, 2.45) is 0 Å². The van der Waals surface area contributed by atoms with Gasteiger partial charge in [0.25, 0.3) is 0 Å². The molecule has 0 amide bonds. The van der Waals surface area contributed by atoms with Gasteiger partial charge in [0.2, 0.25) is 0 Å². The average molecular weight is 154 g/mol. The van der Waals surface area contributed by atoms with Crippen molar-refractivity contribution >= 4 is 23.5 Å². The van der Waals surface area contributed by atoms with Gasteiger partial charge in [-0.1, -0.05) is 21.8 Å². The van der Waals surface area contributed by atoms with Gasteiger partial charge < -0.3 is 0 Å². The molecule has 0 saturated heterocycles. The monoisotopic (exact) mass is 154 g/mol. The summed E-state index contributed by atoms with van der Waals surface area (Å²) in [5.41, 5.74) is 0. The summed E-state index contributed by atoms with van der Waals surface area (Å²) < 4.78 is 0. The lowest BCUT2D eigenvalue weighted by atomic mass is 11.0. The van der Waals surface area contributed by atoms with E-state index in [0.29, 0.717) is 0 Å². The van der Waals surface area contributed by atoms with Crippen LogP contribution in [0.2, 0.25) is 0 Å². The average Bonchev–Trinajstić information content (AvgIpc) is 1.61. The molecule has 0 N–H and O–H groups in total. The van der Waals surface area contributed by atoms with Crippen molar-refractivity contribution in [3.8, 4) is 0 Å². The Morgan fingerprint density at radius 1 is 1.25 bits per heavy atom. The van der Waals surface area contributed by atoms with Crippen LogP contribution in [0.4, 0.5) is 0 Å². The van der Waals surface area contributed by atoms with Gasteiger partial charge in [-0.25, -0.2) is 0 Å². The number of hydrogen-bond donors (Lipinski definition) is 0. The maximum atomic E-state index is 2.18. The molecule has 0 aliphatic rings. The van der Waals surface area contributed by atoms with Crippen molar-refractivity contribution in [2.45, 2.75) is 21.8 Å². The highest BCUT2D eigenvalue weighted by atomic mass is 32.2. The van der Waals surface area contributed by atoms with Gasteiger partial charge >= 0.3 is 0 Å². The molecule has 8 heavy (non-hydrogen) atoms. The number of thioether (sulfide) groups is 2. The van der Waals surface area contributed by atoms with Crippen molar-refractivity contribution in [3.63, 3.8) is 0 Å². The molecule has 0 aromatic carbocycles. The molecule has 0 aliphatic heterocycles. The van der Waals surface area contributed by atoms with Crippen LogP contribution in [0.25, 0.3) is 0 Å². The van der Waals surface area contributed by atoms with Crippen molar-refractivity contribution in [1.82, 2.24) is 0 Å². The van der Waals surface area contributed by atoms with Crippen molar-refractivity contribution in [2.75, 3.05) is 17.1 Å². The van der Waals surface area contributed by atoms with E-state index in [1.165, 1.54) is 10.8 Å². The lowest BCUT2D eigenvalue weighted by Crippen LogP contribution is -1.66. The molecule has 0 nitrogen and oxygen atoms in total. The molecule has 0 atom stereocenters. The number of rotatable bonds is 3. The minimum absolute atomic E-state index is 0. The van der Waals surface area contributed by atoms with Crippen LogP contribution in [0.5, 0.6) is 0 Å². The highest BCUT2D eigenvalue weighted by Gasteiger charge is 1.74. The van der Waals surface area contributed by atoms with E-state index in [9.17, 15) is 0 Å². The second-order valence-corrected chi connectivity index (χ2v) is 3.41. The summed E-state index contributed by atoms with van der Waals surface area (Å²) >= 11 is 3.86. The molecule has 0 fully saturated rings. The first-order valence-corrected chi connectivity index (χ1v) is 4.53. The highest BCUT2D eigenvalue weighted by molar-refractivity contribution is 8.15. The molecule has 0 aliphatic carbocycles. The Morgan fingerprint density at radius 3 is 1.88 bits per heavy atom. The zero-order valence-corrected chi connectivity index (χ0v) is 5.86. The fraction of sp³-hybridized carbons (Fsp3) is 1.00. The molecule has 54 valence electrons. The summed E-state index contributed by atoms with van der Waals surface area (Å²) in [5.74, 6) is 1.25. The predicted molar refractivity (Wildman–Crippen MR) is 50.0 cm³/mol. The molecule has 0 aromatic heterocycles. The third-order valence-corrected chi connectivity index (χ3v) is 2.42. The fourth-order valence-corrected chi connectivity index (χ4v) is 1.50. The molecule has 0 saturated carbocycles. The van der Waals surface area contributed by atoms with Crippen molar-refractivity contribution < 1.29 is 0 Å². The third-order valence-electron chi connectivity index (χ3n) is 0.405. The van der Waals surface area contributed by atoms with Crippen LogP contribution >= 0.6 is 23.5 Å². The van der Waals surface area contributed by atoms with Crippen LogP contribution in [0, 0.1) is 0 Å². The van der Waals surface area contributed by atoms with Crippen molar-refractivity contribution in [3.05, 3.63) is 0 Å². The Kier molecular flexibility index (Phi) is 31.1. The quantitative estimate of drug-likeness (QED) is 0.452. The lowest BCUT2D eigenvalue weighted by molar-refractivity contribution is 1.53. The van der Waals surface area contributed by atoms with E-state index < -0.39 is 0 Å². The van der Waals surface area contributed by atoms with Crippen LogP contribution in [-0.2, 0) is 0 Å². The molecule has 0 spiro atoms. The van der Waals surface area contributed by atoms with Crippen LogP contribution in [0.3, 0.4) is 0 Å². The summed E-state index contributed by atoms with van der Waals surface area (Å²) in [6.07, 6.45) is 2.13. The second kappa shape index (κ2) is 15.6. The highest BCUT2D eigenvalue weighted by Crippen LogP contribution is 2.05. The van der Waals surface area contributed by atoms with Gasteiger partial charge in [0.15, 0.2) is 0 Å². The molecule has 0 bridgehead atoms. The van der Waals surface area contributed by atoms with Crippen molar-refractivity contribution in [1.29, 1.82) is 0 Å². The molecule has 0 unspecified atom stereocenters. The molecule has 2 heteroatoms. The topological polar surface area (TPSA) is 0 Å². The van der Waals surface area contributed by atoms with Crippen LogP contribution in [0.1, 0.15) is 21.8 Å². The van der Waals surface area contributed by atoms with E-state index in [4.69, 9.17) is 0 Å². The van der Waals surface area contributed by atoms with E-state index >= 15 is 0 Å². The minimum Gasteiger partial charge on any atom is -0.155 e. The van der Waals surface area contributed by atoms with E-state index in [1.54, 1.807) is 0 Å². The van der Waals surface area contributed by atoms with Gasteiger partial charge in [-0.3, -0.25) is 0 Å². The van der Waals surface area contributed by atoms with Gasteiger partial charge in [0, 0.05) is 5.08 Å². The lowest BCUT2D eigenvalue weighted by Gasteiger charge is -1.87. The molecule has 0 radical (unpaired) electrons. The Labute approximate surface area is 62.8 Å². The largest absolute Gasteiger partial charge is 0.155 e. The summed E-state index contributed by atoms with van der Waals surface area (Å²) in [7, 11) is 0. The molecule has 0 heterocycles. The SMILES string of the molecule is C.C.CCSCSC. The van der Waals surface area contributed by atoms with Gasteiger partial charge in [-0.2, -0.15) is 23.5 Å². The van der Waals surface area contributed by atoms with Gasteiger partial charge in [-0.05, 0) is 12.0 Å². The Hall–Kier alpha value is 0.700. The first-order chi connectivity index (χ1) is 2.91. The molecular formula is C6H18S2. The minimum atomic E-state index is 0. The Bertz CT molecular complexity index is 18.5. The van der Waals surface area contributed by atoms with Crippen LogP contribution < -0.4 is 0 Å². The zero-order valence-electron chi connectivity index (χ0n) is 4.23. The molecule has 0 aromatic rings. The van der Waals surface area contributed by atoms with Gasteiger partial charge in [0.05, 0.1) is 0 Å². The maximum Gasteiger partial charge on any atom is 0.0389 e. The summed E-state index contributed by atoms with van der Waals surface area (Å²) in [6, 6.07) is 0. The van der Waals surface area contributed by atoms with Gasteiger partial charge in [0.1, 0.15) is 0 Å². The smallest absolute Gasteiger partial charge is 0.0389 e. The first-order valence-electron chi connectivity index (χ1n) is 1.98.